The van der Waals surface area contributed by atoms with E-state index in [0.29, 0.717) is 0 Å². The van der Waals surface area contributed by atoms with E-state index in [0.717, 1.165) is 67.3 Å². The molecule has 5 aromatic rings. The molecule has 0 unspecified atom stereocenters. The molecule has 0 bridgehead atoms. The van der Waals surface area contributed by atoms with Gasteiger partial charge in [-0.2, -0.15) is 0 Å². The molecule has 5 nitrogen and oxygen atoms in total. The van der Waals surface area contributed by atoms with Crippen LogP contribution in [0.5, 0.6) is 5.75 Å². The van der Waals surface area contributed by atoms with Crippen molar-refractivity contribution in [2.75, 3.05) is 20.2 Å². The number of nitrogens with zero attached hydrogens (tertiary/aromatic N) is 4. The molecule has 0 atom stereocenters. The van der Waals surface area contributed by atoms with Crippen LogP contribution in [-0.2, 0) is 25.8 Å². The smallest absolute Gasteiger partial charge is 0.118 e. The summed E-state index contributed by atoms with van der Waals surface area (Å²) < 4.78 is 7.31. The van der Waals surface area contributed by atoms with E-state index in [2.05, 4.69) is 102 Å². The predicted molar refractivity (Wildman–Crippen MR) is 162 cm³/mol. The van der Waals surface area contributed by atoms with Gasteiger partial charge in [0, 0.05) is 32.5 Å². The van der Waals surface area contributed by atoms with E-state index in [1.807, 2.05) is 22.9 Å². The lowest BCUT2D eigenvalue weighted by Crippen LogP contribution is -2.32. The topological polar surface area (TPSA) is 43.2 Å². The fraction of sp³-hybridized carbons (Fsp3) is 0.200. The van der Waals surface area contributed by atoms with Crippen LogP contribution >= 0.6 is 0 Å². The second-order valence-corrected chi connectivity index (χ2v) is 10.3. The average Bonchev–Trinajstić information content (AvgIpc) is 3.42. The Morgan fingerprint density at radius 1 is 0.850 bits per heavy atom. The highest BCUT2D eigenvalue weighted by Gasteiger charge is 2.19. The monoisotopic (exact) mass is 526 g/mol. The van der Waals surface area contributed by atoms with E-state index in [4.69, 9.17) is 9.84 Å². The van der Waals surface area contributed by atoms with E-state index in [1.165, 1.54) is 27.8 Å². The zero-order valence-electron chi connectivity index (χ0n) is 23.0. The van der Waals surface area contributed by atoms with E-state index < -0.39 is 0 Å². The first-order valence-electron chi connectivity index (χ1n) is 13.9. The Labute approximate surface area is 236 Å². The van der Waals surface area contributed by atoms with Gasteiger partial charge >= 0.3 is 0 Å². The fourth-order valence-electron chi connectivity index (χ4n) is 5.46. The predicted octanol–water partition coefficient (Wildman–Crippen LogP) is 6.78. The molecule has 0 radical (unpaired) electrons. The third kappa shape index (κ3) is 5.61. The summed E-state index contributed by atoms with van der Waals surface area (Å²) >= 11 is 0. The van der Waals surface area contributed by atoms with Crippen LogP contribution in [0.15, 0.2) is 104 Å². The van der Waals surface area contributed by atoms with Gasteiger partial charge in [0.15, 0.2) is 0 Å². The van der Waals surface area contributed by atoms with Crippen molar-refractivity contribution in [3.05, 3.63) is 137 Å². The number of hydrogen-bond donors (Lipinski definition) is 0. The van der Waals surface area contributed by atoms with Gasteiger partial charge in [-0.1, -0.05) is 90.7 Å². The molecule has 5 heteroatoms. The molecule has 200 valence electrons. The molecule has 0 amide bonds. The van der Waals surface area contributed by atoms with Crippen molar-refractivity contribution in [1.82, 2.24) is 19.9 Å². The van der Waals surface area contributed by atoms with Gasteiger partial charge in [-0.15, -0.1) is 5.10 Å². The normalized spacial score (nSPS) is 13.1. The molecule has 0 saturated carbocycles. The third-order valence-corrected chi connectivity index (χ3v) is 7.84. The molecule has 1 aliphatic heterocycles. The summed E-state index contributed by atoms with van der Waals surface area (Å²) in [6.07, 6.45) is 4.59. The van der Waals surface area contributed by atoms with Crippen LogP contribution in [0.3, 0.4) is 0 Å². The summed E-state index contributed by atoms with van der Waals surface area (Å²) in [6, 6.07) is 34.1. The minimum atomic E-state index is 0.761. The standard InChI is InChI=1S/C35H34N4O/c1-3-26-10-16-32(17-11-26)39-35(24-27-8-12-29(13-9-27)30-14-18-33(40-2)19-15-30)34(36-37-39)21-23-38-22-20-28-6-4-5-7-31(28)25-38/h3-19H,1,20-25H2,2H3. The van der Waals surface area contributed by atoms with Gasteiger partial charge < -0.3 is 4.74 Å². The molecule has 0 saturated heterocycles. The van der Waals surface area contributed by atoms with Crippen molar-refractivity contribution >= 4 is 6.08 Å². The van der Waals surface area contributed by atoms with Gasteiger partial charge in [0.25, 0.3) is 0 Å². The van der Waals surface area contributed by atoms with Crippen molar-refractivity contribution in [2.24, 2.45) is 0 Å². The molecule has 2 heterocycles. The maximum atomic E-state index is 5.31. The third-order valence-electron chi connectivity index (χ3n) is 7.84. The van der Waals surface area contributed by atoms with Crippen molar-refractivity contribution in [1.29, 1.82) is 0 Å². The molecule has 1 aliphatic rings. The number of fused-ring (bicyclic) bond motifs is 1. The molecule has 0 N–H and O–H groups in total. The molecule has 40 heavy (non-hydrogen) atoms. The highest BCUT2D eigenvalue weighted by molar-refractivity contribution is 5.64. The SMILES string of the molecule is C=Cc1ccc(-n2nnc(CCN3CCc4ccccc4C3)c2Cc2ccc(-c3ccc(OC)cc3)cc2)cc1. The highest BCUT2D eigenvalue weighted by Crippen LogP contribution is 2.25. The molecule has 4 aromatic carbocycles. The molecular weight excluding hydrogens is 492 g/mol. The van der Waals surface area contributed by atoms with E-state index in [1.54, 1.807) is 7.11 Å². The first-order chi connectivity index (χ1) is 19.7. The van der Waals surface area contributed by atoms with Gasteiger partial charge in [-0.25, -0.2) is 4.68 Å². The Kier molecular flexibility index (Phi) is 7.56. The maximum absolute atomic E-state index is 5.31. The number of ether oxygens (including phenoxy) is 1. The molecule has 0 aliphatic carbocycles. The molecule has 6 rings (SSSR count). The molecular formula is C35H34N4O. The Balaban J connectivity index is 1.24. The summed E-state index contributed by atoms with van der Waals surface area (Å²) in [6.45, 7) is 6.92. The van der Waals surface area contributed by atoms with Crippen LogP contribution < -0.4 is 4.74 Å². The van der Waals surface area contributed by atoms with Crippen molar-refractivity contribution in [3.63, 3.8) is 0 Å². The van der Waals surface area contributed by atoms with E-state index in [9.17, 15) is 0 Å². The maximum Gasteiger partial charge on any atom is 0.118 e. The number of rotatable bonds is 9. The summed E-state index contributed by atoms with van der Waals surface area (Å²) in [5.41, 5.74) is 10.8. The summed E-state index contributed by atoms with van der Waals surface area (Å²) in [5, 5.41) is 9.33. The minimum absolute atomic E-state index is 0.761. The zero-order chi connectivity index (χ0) is 27.3. The molecule has 0 fully saturated rings. The average molecular weight is 527 g/mol. The lowest BCUT2D eigenvalue weighted by atomic mass is 9.99. The lowest BCUT2D eigenvalue weighted by Gasteiger charge is -2.28. The zero-order valence-corrected chi connectivity index (χ0v) is 23.0. The Bertz CT molecular complexity index is 1580. The number of benzene rings is 4. The van der Waals surface area contributed by atoms with Crippen molar-refractivity contribution in [3.8, 4) is 22.6 Å². The minimum Gasteiger partial charge on any atom is -0.497 e. The molecule has 1 aromatic heterocycles. The van der Waals surface area contributed by atoms with Crippen LogP contribution in [-0.4, -0.2) is 40.1 Å². The first kappa shape index (κ1) is 25.8. The number of aromatic nitrogens is 3. The van der Waals surface area contributed by atoms with E-state index in [-0.39, 0.29) is 0 Å². The van der Waals surface area contributed by atoms with Gasteiger partial charge in [0.1, 0.15) is 5.75 Å². The highest BCUT2D eigenvalue weighted by atomic mass is 16.5. The largest absolute Gasteiger partial charge is 0.497 e. The number of hydrogen-bond acceptors (Lipinski definition) is 4. The van der Waals surface area contributed by atoms with Crippen LogP contribution in [0.2, 0.25) is 0 Å². The second kappa shape index (κ2) is 11.7. The van der Waals surface area contributed by atoms with Crippen LogP contribution in [0, 0.1) is 0 Å². The van der Waals surface area contributed by atoms with Crippen LogP contribution in [0.25, 0.3) is 22.9 Å². The van der Waals surface area contributed by atoms with Gasteiger partial charge in [-0.3, -0.25) is 4.90 Å². The van der Waals surface area contributed by atoms with Gasteiger partial charge in [-0.05, 0) is 64.1 Å². The van der Waals surface area contributed by atoms with Crippen LogP contribution in [0.1, 0.15) is 33.6 Å². The van der Waals surface area contributed by atoms with Gasteiger partial charge in [0.2, 0.25) is 0 Å². The Morgan fingerprint density at radius 2 is 1.55 bits per heavy atom. The van der Waals surface area contributed by atoms with Crippen molar-refractivity contribution < 1.29 is 4.74 Å². The van der Waals surface area contributed by atoms with Gasteiger partial charge in [0.05, 0.1) is 24.2 Å². The molecule has 0 spiro atoms. The summed E-state index contributed by atoms with van der Waals surface area (Å²) in [4.78, 5) is 2.54. The number of methoxy groups -OCH3 is 1. The van der Waals surface area contributed by atoms with Crippen LogP contribution in [0.4, 0.5) is 0 Å². The second-order valence-electron chi connectivity index (χ2n) is 10.3. The van der Waals surface area contributed by atoms with Crippen molar-refractivity contribution in [2.45, 2.75) is 25.8 Å². The summed E-state index contributed by atoms with van der Waals surface area (Å²) in [7, 11) is 1.69. The first-order valence-corrected chi connectivity index (χ1v) is 13.9. The lowest BCUT2D eigenvalue weighted by molar-refractivity contribution is 0.256. The Hall–Kier alpha value is -4.48. The Morgan fingerprint density at radius 3 is 2.25 bits per heavy atom. The van der Waals surface area contributed by atoms with E-state index >= 15 is 0 Å². The summed E-state index contributed by atoms with van der Waals surface area (Å²) in [5.74, 6) is 0.864. The quantitative estimate of drug-likeness (QED) is 0.212. The fourth-order valence-corrected chi connectivity index (χ4v) is 5.46.